The molecule has 0 aliphatic heterocycles. The summed E-state index contributed by atoms with van der Waals surface area (Å²) in [6.45, 7) is 3.72. The van der Waals surface area contributed by atoms with Crippen molar-refractivity contribution in [1.82, 2.24) is 0 Å². The summed E-state index contributed by atoms with van der Waals surface area (Å²) in [7, 11) is 0. The van der Waals surface area contributed by atoms with Gasteiger partial charge in [0, 0.05) is 18.1 Å². The van der Waals surface area contributed by atoms with Crippen LogP contribution in [0.1, 0.15) is 31.4 Å². The Morgan fingerprint density at radius 1 is 1.44 bits per heavy atom. The maximum Gasteiger partial charge on any atom is 0.269 e. The van der Waals surface area contributed by atoms with E-state index < -0.39 is 4.92 Å². The van der Waals surface area contributed by atoms with Crippen LogP contribution in [-0.4, -0.2) is 16.6 Å². The van der Waals surface area contributed by atoms with E-state index >= 15 is 0 Å². The van der Waals surface area contributed by atoms with Crippen LogP contribution in [0.4, 0.5) is 5.69 Å². The Kier molecular flexibility index (Phi) is 4.43. The molecule has 0 heterocycles. The lowest BCUT2D eigenvalue weighted by Crippen LogP contribution is -2.02. The zero-order chi connectivity index (χ0) is 12.1. The van der Waals surface area contributed by atoms with Crippen molar-refractivity contribution in [3.63, 3.8) is 0 Å². The van der Waals surface area contributed by atoms with Crippen molar-refractivity contribution in [3.8, 4) is 0 Å². The maximum atomic E-state index is 10.8. The molecule has 0 saturated carbocycles. The van der Waals surface area contributed by atoms with E-state index in [1.165, 1.54) is 6.07 Å². The van der Waals surface area contributed by atoms with Crippen molar-refractivity contribution in [1.29, 1.82) is 0 Å². The van der Waals surface area contributed by atoms with Crippen LogP contribution in [0, 0.1) is 16.0 Å². The van der Waals surface area contributed by atoms with Crippen LogP contribution in [-0.2, 0) is 6.42 Å². The molecule has 0 aliphatic carbocycles. The van der Waals surface area contributed by atoms with Gasteiger partial charge in [-0.3, -0.25) is 10.1 Å². The van der Waals surface area contributed by atoms with Gasteiger partial charge in [-0.2, -0.15) is 0 Å². The fourth-order valence-corrected chi connectivity index (χ4v) is 1.55. The number of nitro benzene ring substituents is 1. The zero-order valence-corrected chi connectivity index (χ0v) is 9.56. The van der Waals surface area contributed by atoms with Crippen LogP contribution < -0.4 is 0 Å². The molecular weight excluding hydrogens is 206 g/mol. The van der Waals surface area contributed by atoms with Gasteiger partial charge in [-0.15, -0.1) is 0 Å². The molecule has 1 aromatic carbocycles. The highest BCUT2D eigenvalue weighted by molar-refractivity contribution is 5.44. The summed E-state index contributed by atoms with van der Waals surface area (Å²) < 4.78 is 0. The summed E-state index contributed by atoms with van der Waals surface area (Å²) in [6.07, 6.45) is 1.76. The third kappa shape index (κ3) is 3.03. The monoisotopic (exact) mass is 222 g/mol. The van der Waals surface area contributed by atoms with E-state index in [-0.39, 0.29) is 12.3 Å². The lowest BCUT2D eigenvalue weighted by atomic mass is 9.97. The number of hydrogen-bond acceptors (Lipinski definition) is 3. The minimum Gasteiger partial charge on any atom is -0.395 e. The smallest absolute Gasteiger partial charge is 0.269 e. The van der Waals surface area contributed by atoms with Crippen LogP contribution in [0.3, 0.4) is 0 Å². The quantitative estimate of drug-likeness (QED) is 0.615. The van der Waals surface area contributed by atoms with E-state index in [9.17, 15) is 10.1 Å². The number of rotatable bonds is 5. The van der Waals surface area contributed by atoms with Crippen LogP contribution in [0.5, 0.6) is 0 Å². The summed E-state index contributed by atoms with van der Waals surface area (Å²) in [6, 6.07) is 5.00. The first-order chi connectivity index (χ1) is 7.58. The molecule has 0 bridgehead atoms. The fraction of sp³-hybridized carbons (Fsp3) is 0.417. The fourth-order valence-electron chi connectivity index (χ4n) is 1.55. The molecule has 0 atom stereocenters. The molecule has 0 saturated heterocycles. The van der Waals surface area contributed by atoms with Crippen molar-refractivity contribution in [2.75, 3.05) is 6.61 Å². The molecule has 1 radical (unpaired) electrons. The topological polar surface area (TPSA) is 63.4 Å². The first-order valence-electron chi connectivity index (χ1n) is 5.30. The van der Waals surface area contributed by atoms with Crippen molar-refractivity contribution in [2.45, 2.75) is 26.7 Å². The van der Waals surface area contributed by atoms with E-state index in [2.05, 4.69) is 0 Å². The minimum absolute atomic E-state index is 0.0767. The van der Waals surface area contributed by atoms with Crippen LogP contribution in [0.15, 0.2) is 18.2 Å². The molecule has 4 heteroatoms. The van der Waals surface area contributed by atoms with E-state index in [1.807, 2.05) is 13.0 Å². The Balaban J connectivity index is 3.13. The number of hydrogen-bond donors (Lipinski definition) is 1. The van der Waals surface area contributed by atoms with Gasteiger partial charge in [0.25, 0.3) is 5.69 Å². The number of non-ortho nitro benzene ring substituents is 1. The molecule has 0 fully saturated rings. The predicted molar refractivity (Wildman–Crippen MR) is 62.2 cm³/mol. The van der Waals surface area contributed by atoms with E-state index in [0.29, 0.717) is 0 Å². The van der Waals surface area contributed by atoms with Gasteiger partial charge in [-0.25, -0.2) is 0 Å². The largest absolute Gasteiger partial charge is 0.395 e. The molecule has 1 rings (SSSR count). The molecular formula is C12H16NO3. The molecule has 1 aromatic rings. The first-order valence-corrected chi connectivity index (χ1v) is 5.30. The normalized spacial score (nSPS) is 10.8. The number of nitro groups is 1. The summed E-state index contributed by atoms with van der Waals surface area (Å²) >= 11 is 0. The lowest BCUT2D eigenvalue weighted by Gasteiger charge is -2.09. The van der Waals surface area contributed by atoms with Gasteiger partial charge in [0.1, 0.15) is 0 Å². The van der Waals surface area contributed by atoms with E-state index in [4.69, 9.17) is 5.11 Å². The Morgan fingerprint density at radius 3 is 2.62 bits per heavy atom. The summed E-state index contributed by atoms with van der Waals surface area (Å²) in [5, 5.41) is 19.8. The van der Waals surface area contributed by atoms with Crippen LogP contribution in [0.2, 0.25) is 0 Å². The van der Waals surface area contributed by atoms with Crippen molar-refractivity contribution < 1.29 is 10.0 Å². The van der Waals surface area contributed by atoms with Gasteiger partial charge >= 0.3 is 0 Å². The Labute approximate surface area is 95.1 Å². The molecule has 16 heavy (non-hydrogen) atoms. The van der Waals surface area contributed by atoms with Gasteiger partial charge in [0.2, 0.25) is 0 Å². The highest BCUT2D eigenvalue weighted by atomic mass is 16.6. The zero-order valence-electron chi connectivity index (χ0n) is 9.56. The highest BCUT2D eigenvalue weighted by Crippen LogP contribution is 2.23. The number of aliphatic hydroxyl groups excluding tert-OH is 1. The predicted octanol–water partition coefficient (Wildman–Crippen LogP) is 2.48. The van der Waals surface area contributed by atoms with Gasteiger partial charge in [-0.05, 0) is 17.5 Å². The van der Waals surface area contributed by atoms with Crippen molar-refractivity contribution in [2.24, 2.45) is 0 Å². The Morgan fingerprint density at radius 2 is 2.12 bits per heavy atom. The number of aliphatic hydroxyl groups is 1. The average molecular weight is 222 g/mol. The Bertz CT molecular complexity index is 377. The lowest BCUT2D eigenvalue weighted by molar-refractivity contribution is -0.385. The molecule has 0 amide bonds. The second-order valence-electron chi connectivity index (χ2n) is 3.83. The molecule has 1 N–H and O–H groups in total. The van der Waals surface area contributed by atoms with Crippen molar-refractivity contribution >= 4 is 5.69 Å². The van der Waals surface area contributed by atoms with E-state index in [1.54, 1.807) is 13.0 Å². The van der Waals surface area contributed by atoms with Crippen LogP contribution in [0.25, 0.3) is 0 Å². The van der Waals surface area contributed by atoms with Gasteiger partial charge in [-0.1, -0.05) is 26.3 Å². The average Bonchev–Trinajstić information content (AvgIpc) is 2.28. The molecule has 4 nitrogen and oxygen atoms in total. The molecule has 0 unspecified atom stereocenters. The van der Waals surface area contributed by atoms with E-state index in [0.717, 1.165) is 29.9 Å². The van der Waals surface area contributed by atoms with Gasteiger partial charge in [0.15, 0.2) is 0 Å². The second-order valence-corrected chi connectivity index (χ2v) is 3.83. The van der Waals surface area contributed by atoms with Crippen LogP contribution >= 0.6 is 0 Å². The number of nitrogens with zero attached hydrogens (tertiary/aromatic N) is 1. The van der Waals surface area contributed by atoms with Gasteiger partial charge < -0.3 is 5.11 Å². The standard InChI is InChI=1S/C12H16NO3/c1-3-4-10-5-11(9(2)8-14)7-12(6-10)13(15)16/h5-7,14H,3-4,8H2,1-2H3. The highest BCUT2D eigenvalue weighted by Gasteiger charge is 2.13. The SMILES string of the molecule is CCCc1cc([C](C)CO)cc([N+](=O)[O-])c1. The third-order valence-corrected chi connectivity index (χ3v) is 2.46. The number of benzene rings is 1. The summed E-state index contributed by atoms with van der Waals surface area (Å²) in [4.78, 5) is 10.4. The molecule has 0 aromatic heterocycles. The number of aryl methyl sites for hydroxylation is 1. The maximum absolute atomic E-state index is 10.8. The van der Waals surface area contributed by atoms with Gasteiger partial charge in [0.05, 0.1) is 11.5 Å². The molecule has 0 aliphatic rings. The third-order valence-electron chi connectivity index (χ3n) is 2.46. The molecule has 0 spiro atoms. The van der Waals surface area contributed by atoms with Crippen molar-refractivity contribution in [3.05, 3.63) is 45.4 Å². The second kappa shape index (κ2) is 5.61. The Hall–Kier alpha value is -1.42. The summed E-state index contributed by atoms with van der Waals surface area (Å²) in [5.41, 5.74) is 1.79. The first kappa shape index (κ1) is 12.6. The minimum atomic E-state index is -0.396. The summed E-state index contributed by atoms with van der Waals surface area (Å²) in [5.74, 6) is 0.751. The molecule has 87 valence electrons.